The first kappa shape index (κ1) is 34.1. The number of hydrogen-bond donors (Lipinski definition) is 2. The fourth-order valence-electron chi connectivity index (χ4n) is 5.77. The van der Waals surface area contributed by atoms with E-state index in [1.807, 2.05) is 51.1 Å². The zero-order valence-electron chi connectivity index (χ0n) is 26.6. The van der Waals surface area contributed by atoms with Gasteiger partial charge in [-0.2, -0.15) is 4.98 Å². The summed E-state index contributed by atoms with van der Waals surface area (Å²) in [4.78, 5) is 19.3. The lowest BCUT2D eigenvalue weighted by Gasteiger charge is -2.43. The summed E-state index contributed by atoms with van der Waals surface area (Å²) in [5.74, 6) is 0.623. The van der Waals surface area contributed by atoms with Crippen molar-refractivity contribution in [1.29, 1.82) is 0 Å². The van der Waals surface area contributed by atoms with E-state index in [9.17, 15) is 9.90 Å². The number of piperidine rings is 1. The van der Waals surface area contributed by atoms with E-state index < -0.39 is 16.9 Å². The van der Waals surface area contributed by atoms with Crippen LogP contribution in [0.2, 0.25) is 5.02 Å². The van der Waals surface area contributed by atoms with Crippen LogP contribution >= 0.6 is 11.6 Å². The van der Waals surface area contributed by atoms with E-state index in [4.69, 9.17) is 31.3 Å². The molecule has 0 aliphatic carbocycles. The second-order valence-corrected chi connectivity index (χ2v) is 13.4. The second-order valence-electron chi connectivity index (χ2n) is 13.0. The van der Waals surface area contributed by atoms with Gasteiger partial charge >= 0.3 is 5.97 Å². The molecule has 1 unspecified atom stereocenters. The molecule has 1 aliphatic rings. The predicted octanol–water partition coefficient (Wildman–Crippen LogP) is 6.64. The van der Waals surface area contributed by atoms with Crippen LogP contribution in [0.4, 0.5) is 0 Å². The van der Waals surface area contributed by atoms with E-state index in [1.54, 1.807) is 0 Å². The van der Waals surface area contributed by atoms with Crippen molar-refractivity contribution in [2.45, 2.75) is 71.9 Å². The first-order chi connectivity index (χ1) is 20.9. The number of halogens is 1. The molecule has 2 heterocycles. The monoisotopic (exact) mass is 626 g/mol. The molecule has 9 nitrogen and oxygen atoms in total. The summed E-state index contributed by atoms with van der Waals surface area (Å²) in [6.07, 6.45) is 2.64. The number of nitrogens with zero attached hydrogens (tertiary/aromatic N) is 3. The molecule has 3 aromatic rings. The van der Waals surface area contributed by atoms with E-state index in [-0.39, 0.29) is 12.6 Å². The number of carbonyl (C=O) groups is 1. The predicted molar refractivity (Wildman–Crippen MR) is 173 cm³/mol. The van der Waals surface area contributed by atoms with Gasteiger partial charge in [0, 0.05) is 34.3 Å². The average molecular weight is 627 g/mol. The number of ether oxygens (including phenoxy) is 2. The summed E-state index contributed by atoms with van der Waals surface area (Å²) in [7, 11) is 0. The van der Waals surface area contributed by atoms with Gasteiger partial charge < -0.3 is 24.8 Å². The zero-order valence-corrected chi connectivity index (χ0v) is 27.4. The number of aliphatic carboxylic acids is 1. The third-order valence-electron chi connectivity index (χ3n) is 8.23. The Morgan fingerprint density at radius 2 is 1.77 bits per heavy atom. The summed E-state index contributed by atoms with van der Waals surface area (Å²) < 4.78 is 16.7. The third-order valence-corrected chi connectivity index (χ3v) is 8.58. The van der Waals surface area contributed by atoms with Crippen molar-refractivity contribution in [2.24, 2.45) is 17.1 Å². The molecular formula is C34H47ClN4O5. The van der Waals surface area contributed by atoms with Crippen LogP contribution in [0, 0.1) is 11.3 Å². The van der Waals surface area contributed by atoms with Crippen LogP contribution in [0.5, 0.6) is 0 Å². The Morgan fingerprint density at radius 1 is 1.11 bits per heavy atom. The van der Waals surface area contributed by atoms with Crippen molar-refractivity contribution in [1.82, 2.24) is 15.0 Å². The molecule has 1 aliphatic heterocycles. The highest BCUT2D eigenvalue weighted by Crippen LogP contribution is 2.38. The van der Waals surface area contributed by atoms with Gasteiger partial charge in [0.05, 0.1) is 25.2 Å². The molecule has 1 atom stereocenters. The lowest BCUT2D eigenvalue weighted by Crippen LogP contribution is -2.49. The fraction of sp³-hybridized carbons (Fsp3) is 0.559. The molecule has 0 amide bonds. The smallest absolute Gasteiger partial charge is 0.312 e. The van der Waals surface area contributed by atoms with Crippen molar-refractivity contribution in [3.05, 3.63) is 58.6 Å². The van der Waals surface area contributed by atoms with E-state index in [0.717, 1.165) is 35.1 Å². The van der Waals surface area contributed by atoms with Gasteiger partial charge in [-0.25, -0.2) is 0 Å². The molecule has 4 rings (SSSR count). The molecule has 0 radical (unpaired) electrons. The number of carboxylic acid groups (broad SMARTS) is 1. The van der Waals surface area contributed by atoms with Gasteiger partial charge in [0.2, 0.25) is 5.82 Å². The van der Waals surface area contributed by atoms with Crippen molar-refractivity contribution in [2.75, 3.05) is 39.5 Å². The van der Waals surface area contributed by atoms with Gasteiger partial charge in [-0.05, 0) is 88.7 Å². The molecule has 1 fully saturated rings. The third kappa shape index (κ3) is 8.88. The van der Waals surface area contributed by atoms with Crippen molar-refractivity contribution >= 4 is 17.6 Å². The summed E-state index contributed by atoms with van der Waals surface area (Å²) >= 11 is 6.53. The maximum absolute atomic E-state index is 12.3. The van der Waals surface area contributed by atoms with Gasteiger partial charge in [0.1, 0.15) is 0 Å². The minimum Gasteiger partial charge on any atom is -0.481 e. The molecular weight excluding hydrogens is 580 g/mol. The van der Waals surface area contributed by atoms with Crippen LogP contribution in [0.1, 0.15) is 71.0 Å². The Hall–Kier alpha value is -2.82. The number of rotatable bonds is 15. The van der Waals surface area contributed by atoms with Crippen LogP contribution in [0.15, 0.2) is 47.0 Å². The lowest BCUT2D eigenvalue weighted by atomic mass is 9.78. The summed E-state index contributed by atoms with van der Waals surface area (Å²) in [5.41, 5.74) is 9.03. The van der Waals surface area contributed by atoms with Gasteiger partial charge in [-0.3, -0.25) is 9.69 Å². The Balaban J connectivity index is 1.47. The number of benzene rings is 2. The largest absolute Gasteiger partial charge is 0.481 e. The lowest BCUT2D eigenvalue weighted by molar-refractivity contribution is -0.158. The molecule has 0 bridgehead atoms. The Morgan fingerprint density at radius 3 is 2.36 bits per heavy atom. The zero-order chi connectivity index (χ0) is 31.9. The molecule has 44 heavy (non-hydrogen) atoms. The average Bonchev–Trinajstić information content (AvgIpc) is 3.47. The summed E-state index contributed by atoms with van der Waals surface area (Å²) in [6.45, 7) is 13.2. The number of carboxylic acids is 1. The number of hydrogen-bond acceptors (Lipinski definition) is 8. The SMILES string of the molecule is CCOCCOCC1(C(=O)O)CCN(C(CC(C)(C)N)c2ccc(-c3noc(-c4ccc(CC(C)C)c(Cl)c4)n3)cc2)CC1. The van der Waals surface area contributed by atoms with Crippen LogP contribution in [-0.2, 0) is 20.7 Å². The summed E-state index contributed by atoms with van der Waals surface area (Å²) in [6, 6.07) is 14.0. The van der Waals surface area contributed by atoms with Crippen LogP contribution in [0.25, 0.3) is 22.8 Å². The molecule has 1 aromatic heterocycles. The van der Waals surface area contributed by atoms with Crippen molar-refractivity contribution in [3.8, 4) is 22.8 Å². The molecule has 0 saturated carbocycles. The highest BCUT2D eigenvalue weighted by Gasteiger charge is 2.43. The van der Waals surface area contributed by atoms with E-state index in [1.165, 1.54) is 0 Å². The molecule has 0 spiro atoms. The van der Waals surface area contributed by atoms with Crippen LogP contribution in [-0.4, -0.2) is 71.2 Å². The van der Waals surface area contributed by atoms with Crippen LogP contribution < -0.4 is 5.73 Å². The van der Waals surface area contributed by atoms with Crippen molar-refractivity contribution < 1.29 is 23.9 Å². The summed E-state index contributed by atoms with van der Waals surface area (Å²) in [5, 5.41) is 15.0. The number of nitrogens with two attached hydrogens (primary N) is 1. The first-order valence-corrected chi connectivity index (χ1v) is 15.9. The number of aromatic nitrogens is 2. The Bertz CT molecular complexity index is 1360. The minimum atomic E-state index is -0.898. The topological polar surface area (TPSA) is 124 Å². The second kappa shape index (κ2) is 15.0. The van der Waals surface area contributed by atoms with Crippen molar-refractivity contribution in [3.63, 3.8) is 0 Å². The van der Waals surface area contributed by atoms with E-state index >= 15 is 0 Å². The molecule has 2 aromatic carbocycles. The number of likely N-dealkylation sites (tertiary alicyclic amines) is 1. The normalized spacial score (nSPS) is 16.4. The van der Waals surface area contributed by atoms with Gasteiger partial charge in [0.15, 0.2) is 0 Å². The molecule has 3 N–H and O–H groups in total. The molecule has 10 heteroatoms. The first-order valence-electron chi connectivity index (χ1n) is 15.6. The van der Waals surface area contributed by atoms with Gasteiger partial charge in [-0.1, -0.05) is 60.9 Å². The highest BCUT2D eigenvalue weighted by molar-refractivity contribution is 6.31. The molecule has 240 valence electrons. The maximum Gasteiger partial charge on any atom is 0.312 e. The highest BCUT2D eigenvalue weighted by atomic mass is 35.5. The van der Waals surface area contributed by atoms with Gasteiger partial charge in [0.25, 0.3) is 5.89 Å². The van der Waals surface area contributed by atoms with Crippen LogP contribution in [0.3, 0.4) is 0 Å². The maximum atomic E-state index is 12.3. The molecule has 1 saturated heterocycles. The minimum absolute atomic E-state index is 0.0297. The van der Waals surface area contributed by atoms with E-state index in [2.05, 4.69) is 41.0 Å². The van der Waals surface area contributed by atoms with Gasteiger partial charge in [-0.15, -0.1) is 0 Å². The fourth-order valence-corrected chi connectivity index (χ4v) is 6.03. The Labute approximate surface area is 266 Å². The quantitative estimate of drug-likeness (QED) is 0.179. The van der Waals surface area contributed by atoms with E-state index in [0.29, 0.717) is 68.4 Å². The standard InChI is InChI=1S/C34H47ClN4O5/c1-6-42-17-18-43-22-34(32(40)41)13-15-39(16-14-34)29(21-33(4,5)36)24-7-9-25(10-8-24)30-37-31(44-38-30)27-12-11-26(19-23(2)3)28(35)20-27/h7-12,20,23,29H,6,13-19,21-22,36H2,1-5H3,(H,40,41). The Kier molecular flexibility index (Phi) is 11.6.